The summed E-state index contributed by atoms with van der Waals surface area (Å²) in [5.41, 5.74) is 13.3. The summed E-state index contributed by atoms with van der Waals surface area (Å²) in [6.45, 7) is 0. The van der Waals surface area contributed by atoms with E-state index < -0.39 is 0 Å². The van der Waals surface area contributed by atoms with Gasteiger partial charge in [-0.2, -0.15) is 0 Å². The van der Waals surface area contributed by atoms with Gasteiger partial charge in [-0.15, -0.1) is 0 Å². The van der Waals surface area contributed by atoms with Crippen LogP contribution in [0.15, 0.2) is 54.6 Å². The molecule has 0 bridgehead atoms. The van der Waals surface area contributed by atoms with Crippen molar-refractivity contribution < 1.29 is 4.74 Å². The molecule has 0 N–H and O–H groups in total. The van der Waals surface area contributed by atoms with Gasteiger partial charge in [0.05, 0.1) is 0 Å². The van der Waals surface area contributed by atoms with Crippen molar-refractivity contribution in [2.75, 3.05) is 7.11 Å². The summed E-state index contributed by atoms with van der Waals surface area (Å²) >= 11 is 0. The predicted molar refractivity (Wildman–Crippen MR) is 94.7 cm³/mol. The number of ether oxygens (including phenoxy) is 1. The normalized spacial score (nSPS) is 21.4. The second-order valence-corrected chi connectivity index (χ2v) is 7.23. The van der Waals surface area contributed by atoms with Gasteiger partial charge in [0.2, 0.25) is 0 Å². The van der Waals surface area contributed by atoms with Gasteiger partial charge in [0, 0.05) is 13.0 Å². The number of methoxy groups -OCH3 is 1. The molecule has 0 saturated heterocycles. The lowest BCUT2D eigenvalue weighted by Crippen LogP contribution is -2.29. The highest BCUT2D eigenvalue weighted by molar-refractivity contribution is 5.68. The molecule has 3 aromatic rings. The van der Waals surface area contributed by atoms with Crippen LogP contribution in [0.2, 0.25) is 0 Å². The van der Waals surface area contributed by atoms with E-state index in [1.807, 2.05) is 7.11 Å². The lowest BCUT2D eigenvalue weighted by atomic mass is 9.62. The minimum absolute atomic E-state index is 0.0676. The molecule has 0 radical (unpaired) electrons. The van der Waals surface area contributed by atoms with Crippen molar-refractivity contribution in [2.45, 2.75) is 24.9 Å². The van der Waals surface area contributed by atoms with E-state index in [1.54, 1.807) is 5.56 Å². The van der Waals surface area contributed by atoms with Crippen LogP contribution in [0.3, 0.4) is 0 Å². The Bertz CT molecular complexity index is 939. The van der Waals surface area contributed by atoms with E-state index >= 15 is 0 Å². The zero-order chi connectivity index (χ0) is 15.8. The van der Waals surface area contributed by atoms with Crippen LogP contribution in [0.4, 0.5) is 0 Å². The van der Waals surface area contributed by atoms with E-state index in [1.165, 1.54) is 44.5 Å². The van der Waals surface area contributed by atoms with Gasteiger partial charge in [-0.05, 0) is 62.9 Å². The number of benzene rings is 3. The molecule has 3 aliphatic rings. The van der Waals surface area contributed by atoms with Crippen LogP contribution in [0.25, 0.3) is 0 Å². The minimum Gasteiger partial charge on any atom is -0.372 e. The van der Waals surface area contributed by atoms with Gasteiger partial charge in [-0.3, -0.25) is 0 Å². The summed E-state index contributed by atoms with van der Waals surface area (Å²) in [6.07, 6.45) is 2.17. The Morgan fingerprint density at radius 3 is 1.62 bits per heavy atom. The fourth-order valence-electron chi connectivity index (χ4n) is 5.35. The lowest BCUT2D eigenvalue weighted by Gasteiger charge is -2.43. The molecule has 0 amide bonds. The number of hydrogen-bond acceptors (Lipinski definition) is 1. The summed E-state index contributed by atoms with van der Waals surface area (Å²) in [5.74, 6) is 0.405. The van der Waals surface area contributed by atoms with Gasteiger partial charge >= 0.3 is 0 Å². The molecule has 0 unspecified atom stereocenters. The molecule has 0 heterocycles. The zero-order valence-electron chi connectivity index (χ0n) is 13.7. The van der Waals surface area contributed by atoms with E-state index in [2.05, 4.69) is 54.6 Å². The van der Waals surface area contributed by atoms with Crippen molar-refractivity contribution in [1.82, 2.24) is 0 Å². The Balaban J connectivity index is 1.79. The first-order chi connectivity index (χ1) is 11.9. The average molecular weight is 310 g/mol. The van der Waals surface area contributed by atoms with E-state index in [0.717, 1.165) is 12.8 Å². The number of hydrogen-bond donors (Lipinski definition) is 0. The Hall–Kier alpha value is -2.38. The highest BCUT2D eigenvalue weighted by Crippen LogP contribution is 2.55. The van der Waals surface area contributed by atoms with E-state index in [0.29, 0.717) is 5.92 Å². The summed E-state index contributed by atoms with van der Waals surface area (Å²) in [7, 11) is 1.84. The van der Waals surface area contributed by atoms with Crippen molar-refractivity contribution in [2.24, 2.45) is 0 Å². The van der Waals surface area contributed by atoms with E-state index in [9.17, 15) is 0 Å². The Morgan fingerprint density at radius 1 is 0.667 bits per heavy atom. The second kappa shape index (κ2) is 4.37. The first-order valence-electron chi connectivity index (χ1n) is 8.73. The second-order valence-electron chi connectivity index (χ2n) is 7.23. The monoisotopic (exact) mass is 310 g/mol. The molecular formula is C23H18O. The van der Waals surface area contributed by atoms with Gasteiger partial charge in [0.1, 0.15) is 6.10 Å². The molecule has 0 aromatic heterocycles. The van der Waals surface area contributed by atoms with Crippen molar-refractivity contribution in [3.05, 3.63) is 105 Å². The zero-order valence-corrected chi connectivity index (χ0v) is 13.7. The van der Waals surface area contributed by atoms with Crippen molar-refractivity contribution in [3.8, 4) is 0 Å². The maximum absolute atomic E-state index is 5.98. The molecular weight excluding hydrogens is 292 g/mol. The van der Waals surface area contributed by atoms with Gasteiger partial charge in [-0.25, -0.2) is 0 Å². The van der Waals surface area contributed by atoms with Crippen molar-refractivity contribution >= 4 is 0 Å². The Kier molecular flexibility index (Phi) is 2.36. The Labute approximate surface area is 141 Å². The molecule has 6 rings (SSSR count). The summed E-state index contributed by atoms with van der Waals surface area (Å²) in [4.78, 5) is 0. The summed E-state index contributed by atoms with van der Waals surface area (Å²) in [5, 5.41) is 0. The third-order valence-corrected chi connectivity index (χ3v) is 6.18. The number of rotatable bonds is 1. The van der Waals surface area contributed by atoms with Crippen LogP contribution in [0, 0.1) is 0 Å². The van der Waals surface area contributed by atoms with Crippen LogP contribution < -0.4 is 0 Å². The molecule has 3 aromatic carbocycles. The van der Waals surface area contributed by atoms with Crippen molar-refractivity contribution in [1.29, 1.82) is 0 Å². The fourth-order valence-corrected chi connectivity index (χ4v) is 5.35. The van der Waals surface area contributed by atoms with Crippen LogP contribution in [0.5, 0.6) is 0 Å². The standard InChI is InChI=1S/C23H18O/c1-24-23-17-9-3-7-15-11-13-5-2-6-14-12-16-8-4-10-18(23)21(16)22(19(13)14)20(15)17/h2-10,22-23H,11-12H2,1H3. The van der Waals surface area contributed by atoms with E-state index in [4.69, 9.17) is 4.74 Å². The van der Waals surface area contributed by atoms with Gasteiger partial charge in [-0.1, -0.05) is 54.6 Å². The molecule has 0 aliphatic heterocycles. The molecule has 0 saturated carbocycles. The molecule has 1 heteroatoms. The topological polar surface area (TPSA) is 9.23 Å². The minimum atomic E-state index is 0.0676. The first-order valence-corrected chi connectivity index (χ1v) is 8.73. The highest BCUT2D eigenvalue weighted by Gasteiger charge is 2.41. The first kappa shape index (κ1) is 13.0. The summed E-state index contributed by atoms with van der Waals surface area (Å²) in [6, 6.07) is 20.4. The summed E-state index contributed by atoms with van der Waals surface area (Å²) < 4.78 is 5.98. The average Bonchev–Trinajstić information content (AvgIpc) is 2.62. The molecule has 0 atom stereocenters. The van der Waals surface area contributed by atoms with Crippen molar-refractivity contribution in [3.63, 3.8) is 0 Å². The van der Waals surface area contributed by atoms with Gasteiger partial charge < -0.3 is 4.74 Å². The smallest absolute Gasteiger partial charge is 0.108 e. The van der Waals surface area contributed by atoms with E-state index in [-0.39, 0.29) is 6.10 Å². The van der Waals surface area contributed by atoms with Crippen LogP contribution >= 0.6 is 0 Å². The van der Waals surface area contributed by atoms with Gasteiger partial charge in [0.15, 0.2) is 0 Å². The van der Waals surface area contributed by atoms with Gasteiger partial charge in [0.25, 0.3) is 0 Å². The maximum atomic E-state index is 5.98. The highest BCUT2D eigenvalue weighted by atomic mass is 16.5. The SMILES string of the molecule is COC1c2cccc3c2C2c4c(cccc4Cc4cccc1c42)C3. The molecule has 0 fully saturated rings. The molecule has 24 heavy (non-hydrogen) atoms. The third-order valence-electron chi connectivity index (χ3n) is 6.18. The largest absolute Gasteiger partial charge is 0.372 e. The third kappa shape index (κ3) is 1.40. The maximum Gasteiger partial charge on any atom is 0.108 e. The molecule has 116 valence electrons. The molecule has 0 spiro atoms. The lowest BCUT2D eigenvalue weighted by molar-refractivity contribution is 0.132. The fraction of sp³-hybridized carbons (Fsp3) is 0.217. The van der Waals surface area contributed by atoms with Crippen LogP contribution in [0.1, 0.15) is 62.1 Å². The predicted octanol–water partition coefficient (Wildman–Crippen LogP) is 4.72. The molecule has 3 aliphatic carbocycles. The van der Waals surface area contributed by atoms with Crippen LogP contribution in [-0.4, -0.2) is 7.11 Å². The van der Waals surface area contributed by atoms with Crippen LogP contribution in [-0.2, 0) is 17.6 Å². The molecule has 1 nitrogen and oxygen atoms in total. The quantitative estimate of drug-likeness (QED) is 0.435. The Morgan fingerprint density at radius 2 is 1.12 bits per heavy atom.